The van der Waals surface area contributed by atoms with E-state index in [-0.39, 0.29) is 24.0 Å². The topological polar surface area (TPSA) is 49.3 Å². The largest absolute Gasteiger partial charge is 0.356 e. The Kier molecular flexibility index (Phi) is 11.3. The van der Waals surface area contributed by atoms with Crippen LogP contribution >= 0.6 is 24.0 Å². The average molecular weight is 404 g/mol. The molecule has 1 rings (SSSR count). The molecule has 1 aromatic rings. The van der Waals surface area contributed by atoms with E-state index < -0.39 is 0 Å². The number of unbranched alkanes of at least 4 members (excludes halogenated alkanes) is 1. The molecule has 0 saturated carbocycles. The van der Waals surface area contributed by atoms with Gasteiger partial charge in [-0.05, 0) is 31.4 Å². The van der Waals surface area contributed by atoms with E-state index in [1.54, 1.807) is 7.05 Å². The molecule has 0 bridgehead atoms. The molecule has 21 heavy (non-hydrogen) atoms. The second kappa shape index (κ2) is 11.8. The Morgan fingerprint density at radius 2 is 2.00 bits per heavy atom. The van der Waals surface area contributed by atoms with Crippen molar-refractivity contribution in [3.63, 3.8) is 0 Å². The van der Waals surface area contributed by atoms with Crippen LogP contribution in [0.2, 0.25) is 0 Å². The third kappa shape index (κ3) is 9.66. The summed E-state index contributed by atoms with van der Waals surface area (Å²) in [4.78, 5) is 8.69. The van der Waals surface area contributed by atoms with E-state index in [9.17, 15) is 0 Å². The first kappa shape index (κ1) is 20.1. The number of rotatable bonds is 7. The number of aromatic nitrogens is 1. The number of aliphatic imine (C=N–C) groups is 1. The van der Waals surface area contributed by atoms with Gasteiger partial charge in [0.15, 0.2) is 5.96 Å². The minimum absolute atomic E-state index is 0. The fourth-order valence-corrected chi connectivity index (χ4v) is 1.98. The van der Waals surface area contributed by atoms with E-state index in [1.165, 1.54) is 19.3 Å². The van der Waals surface area contributed by atoms with Crippen LogP contribution in [0.5, 0.6) is 0 Å². The molecule has 5 heteroatoms. The summed E-state index contributed by atoms with van der Waals surface area (Å²) >= 11 is 0. The Morgan fingerprint density at radius 1 is 1.24 bits per heavy atom. The van der Waals surface area contributed by atoms with Crippen LogP contribution in [0.15, 0.2) is 23.2 Å². The maximum atomic E-state index is 4.46. The summed E-state index contributed by atoms with van der Waals surface area (Å²) in [5.41, 5.74) is 2.08. The van der Waals surface area contributed by atoms with Gasteiger partial charge in [0.1, 0.15) is 0 Å². The molecular weight excluding hydrogens is 375 g/mol. The number of hydrogen-bond acceptors (Lipinski definition) is 2. The predicted molar refractivity (Wildman–Crippen MR) is 101 cm³/mol. The van der Waals surface area contributed by atoms with Gasteiger partial charge < -0.3 is 10.6 Å². The first-order valence-corrected chi connectivity index (χ1v) is 7.49. The van der Waals surface area contributed by atoms with Crippen molar-refractivity contribution in [1.29, 1.82) is 0 Å². The van der Waals surface area contributed by atoms with Crippen molar-refractivity contribution in [2.75, 3.05) is 13.6 Å². The average Bonchev–Trinajstić information content (AvgIpc) is 2.41. The van der Waals surface area contributed by atoms with Gasteiger partial charge in [-0.3, -0.25) is 9.98 Å². The molecule has 1 aromatic heterocycles. The summed E-state index contributed by atoms with van der Waals surface area (Å²) in [6.07, 6.45) is 3.74. The Morgan fingerprint density at radius 3 is 2.62 bits per heavy atom. The summed E-state index contributed by atoms with van der Waals surface area (Å²) in [6, 6.07) is 6.06. The second-order valence-electron chi connectivity index (χ2n) is 5.51. The maximum Gasteiger partial charge on any atom is 0.191 e. The van der Waals surface area contributed by atoms with Crippen LogP contribution in [-0.4, -0.2) is 24.5 Å². The summed E-state index contributed by atoms with van der Waals surface area (Å²) < 4.78 is 0. The molecule has 0 saturated heterocycles. The molecular formula is C16H29IN4. The van der Waals surface area contributed by atoms with E-state index in [0.717, 1.165) is 29.8 Å². The standard InChI is InChI=1S/C16H28N4.HI/c1-13(2)8-5-6-11-18-16(17-4)19-12-15-10-7-9-14(3)20-15;/h7,9-10,13H,5-6,8,11-12H2,1-4H3,(H2,17,18,19);1H. The maximum absolute atomic E-state index is 4.46. The van der Waals surface area contributed by atoms with E-state index in [4.69, 9.17) is 0 Å². The van der Waals surface area contributed by atoms with Gasteiger partial charge in [0.2, 0.25) is 0 Å². The first-order chi connectivity index (χ1) is 9.61. The van der Waals surface area contributed by atoms with E-state index in [0.29, 0.717) is 6.54 Å². The second-order valence-corrected chi connectivity index (χ2v) is 5.51. The van der Waals surface area contributed by atoms with Crippen molar-refractivity contribution in [3.8, 4) is 0 Å². The van der Waals surface area contributed by atoms with Gasteiger partial charge in [-0.15, -0.1) is 24.0 Å². The molecule has 0 aliphatic carbocycles. The zero-order chi connectivity index (χ0) is 14.8. The SMILES string of the molecule is CN=C(NCCCCC(C)C)NCc1cccc(C)n1.I. The number of pyridine rings is 1. The molecule has 0 amide bonds. The van der Waals surface area contributed by atoms with Crippen LogP contribution in [-0.2, 0) is 6.54 Å². The lowest BCUT2D eigenvalue weighted by Crippen LogP contribution is -2.37. The number of aryl methyl sites for hydroxylation is 1. The van der Waals surface area contributed by atoms with E-state index in [2.05, 4.69) is 34.5 Å². The van der Waals surface area contributed by atoms with Crippen LogP contribution in [0.4, 0.5) is 0 Å². The zero-order valence-corrected chi connectivity index (χ0v) is 16.0. The van der Waals surface area contributed by atoms with Crippen LogP contribution in [0.25, 0.3) is 0 Å². The molecule has 0 unspecified atom stereocenters. The Labute approximate surface area is 146 Å². The Balaban J connectivity index is 0.00000400. The van der Waals surface area contributed by atoms with Crippen molar-refractivity contribution < 1.29 is 0 Å². The van der Waals surface area contributed by atoms with E-state index in [1.807, 2.05) is 25.1 Å². The van der Waals surface area contributed by atoms with Gasteiger partial charge >= 0.3 is 0 Å². The van der Waals surface area contributed by atoms with Gasteiger partial charge in [-0.1, -0.05) is 32.8 Å². The summed E-state index contributed by atoms with van der Waals surface area (Å²) in [6.45, 7) is 8.21. The molecule has 0 atom stereocenters. The molecule has 0 aromatic carbocycles. The molecule has 120 valence electrons. The monoisotopic (exact) mass is 404 g/mol. The fraction of sp³-hybridized carbons (Fsp3) is 0.625. The van der Waals surface area contributed by atoms with Crippen molar-refractivity contribution in [2.45, 2.75) is 46.6 Å². The van der Waals surface area contributed by atoms with Crippen LogP contribution in [0.3, 0.4) is 0 Å². The van der Waals surface area contributed by atoms with Gasteiger partial charge in [0, 0.05) is 19.3 Å². The quantitative estimate of drug-likeness (QED) is 0.317. The normalized spacial score (nSPS) is 11.2. The number of halogens is 1. The minimum atomic E-state index is 0. The third-order valence-corrected chi connectivity index (χ3v) is 3.11. The van der Waals surface area contributed by atoms with Gasteiger partial charge in [0.05, 0.1) is 12.2 Å². The Bertz CT molecular complexity index is 418. The lowest BCUT2D eigenvalue weighted by Gasteiger charge is -2.12. The number of guanidine groups is 1. The highest BCUT2D eigenvalue weighted by molar-refractivity contribution is 14.0. The number of hydrogen-bond donors (Lipinski definition) is 2. The number of nitrogens with one attached hydrogen (secondary N) is 2. The number of nitrogens with zero attached hydrogens (tertiary/aromatic N) is 2. The zero-order valence-electron chi connectivity index (χ0n) is 13.6. The van der Waals surface area contributed by atoms with Crippen LogP contribution in [0, 0.1) is 12.8 Å². The molecule has 1 heterocycles. The minimum Gasteiger partial charge on any atom is -0.356 e. The molecule has 0 aliphatic rings. The molecule has 0 radical (unpaired) electrons. The highest BCUT2D eigenvalue weighted by atomic mass is 127. The smallest absolute Gasteiger partial charge is 0.191 e. The summed E-state index contributed by atoms with van der Waals surface area (Å²) in [5.74, 6) is 1.64. The third-order valence-electron chi connectivity index (χ3n) is 3.11. The van der Waals surface area contributed by atoms with Crippen molar-refractivity contribution in [3.05, 3.63) is 29.6 Å². The van der Waals surface area contributed by atoms with Crippen LogP contribution in [0.1, 0.15) is 44.5 Å². The van der Waals surface area contributed by atoms with Gasteiger partial charge in [-0.2, -0.15) is 0 Å². The first-order valence-electron chi connectivity index (χ1n) is 7.49. The lowest BCUT2D eigenvalue weighted by molar-refractivity contribution is 0.534. The van der Waals surface area contributed by atoms with Crippen LogP contribution < -0.4 is 10.6 Å². The molecule has 0 aliphatic heterocycles. The fourth-order valence-electron chi connectivity index (χ4n) is 1.98. The highest BCUT2D eigenvalue weighted by Crippen LogP contribution is 2.05. The van der Waals surface area contributed by atoms with Crippen molar-refractivity contribution in [1.82, 2.24) is 15.6 Å². The molecule has 4 nitrogen and oxygen atoms in total. The van der Waals surface area contributed by atoms with Gasteiger partial charge in [0.25, 0.3) is 0 Å². The molecule has 0 spiro atoms. The predicted octanol–water partition coefficient (Wildman–Crippen LogP) is 3.50. The van der Waals surface area contributed by atoms with Crippen molar-refractivity contribution in [2.24, 2.45) is 10.9 Å². The van der Waals surface area contributed by atoms with Crippen molar-refractivity contribution >= 4 is 29.9 Å². The molecule has 2 N–H and O–H groups in total. The van der Waals surface area contributed by atoms with Gasteiger partial charge in [-0.25, -0.2) is 0 Å². The molecule has 0 fully saturated rings. The highest BCUT2D eigenvalue weighted by Gasteiger charge is 1.99. The summed E-state index contributed by atoms with van der Waals surface area (Å²) in [5, 5.41) is 6.63. The van der Waals surface area contributed by atoms with E-state index >= 15 is 0 Å². The Hall–Kier alpha value is -0.850. The summed E-state index contributed by atoms with van der Waals surface area (Å²) in [7, 11) is 1.80. The lowest BCUT2D eigenvalue weighted by atomic mass is 10.1.